The first-order valence-electron chi connectivity index (χ1n) is 9.08. The van der Waals surface area contributed by atoms with Crippen LogP contribution in [-0.2, 0) is 6.42 Å². The molecule has 2 heteroatoms. The molecular formula is C25H21NO. The Balaban J connectivity index is 1.42. The smallest absolute Gasteiger partial charge is 0.129 e. The standard InChI is InChI=1S/C25H21NO/c1-3-8-20(9-4-1)18-21-14-16-24(17-15-21)27-25-13-7-12-23(19-25)26-22-10-5-2-6-11-22/h1-17,19,26H,18H2. The van der Waals surface area contributed by atoms with E-state index in [1.54, 1.807) is 0 Å². The van der Waals surface area contributed by atoms with Crippen LogP contribution in [0.15, 0.2) is 109 Å². The average Bonchev–Trinajstić information content (AvgIpc) is 2.71. The van der Waals surface area contributed by atoms with E-state index in [0.29, 0.717) is 0 Å². The number of para-hydroxylation sites is 1. The van der Waals surface area contributed by atoms with Gasteiger partial charge in [-0.25, -0.2) is 0 Å². The van der Waals surface area contributed by atoms with Crippen LogP contribution in [0.2, 0.25) is 0 Å². The number of ether oxygens (including phenoxy) is 1. The average molecular weight is 351 g/mol. The minimum atomic E-state index is 0.812. The number of rotatable bonds is 6. The largest absolute Gasteiger partial charge is 0.457 e. The SMILES string of the molecule is c1ccc(Cc2ccc(Oc3cccc(Nc4ccccc4)c3)cc2)cc1. The molecule has 0 spiro atoms. The van der Waals surface area contributed by atoms with Crippen molar-refractivity contribution in [2.24, 2.45) is 0 Å². The van der Waals surface area contributed by atoms with Crippen molar-refractivity contribution < 1.29 is 4.74 Å². The van der Waals surface area contributed by atoms with Gasteiger partial charge in [0, 0.05) is 17.4 Å². The second-order valence-electron chi connectivity index (χ2n) is 6.43. The quantitative estimate of drug-likeness (QED) is 0.412. The molecule has 0 fully saturated rings. The Labute approximate surface area is 160 Å². The fourth-order valence-corrected chi connectivity index (χ4v) is 2.97. The van der Waals surface area contributed by atoms with E-state index in [1.807, 2.05) is 72.8 Å². The van der Waals surface area contributed by atoms with Crippen molar-refractivity contribution in [2.45, 2.75) is 6.42 Å². The van der Waals surface area contributed by atoms with Crippen LogP contribution in [0.25, 0.3) is 0 Å². The second-order valence-corrected chi connectivity index (χ2v) is 6.43. The fourth-order valence-electron chi connectivity index (χ4n) is 2.97. The summed E-state index contributed by atoms with van der Waals surface area (Å²) in [7, 11) is 0. The molecule has 0 heterocycles. The summed E-state index contributed by atoms with van der Waals surface area (Å²) in [4.78, 5) is 0. The van der Waals surface area contributed by atoms with E-state index < -0.39 is 0 Å². The van der Waals surface area contributed by atoms with Gasteiger partial charge in [0.05, 0.1) is 0 Å². The molecule has 27 heavy (non-hydrogen) atoms. The molecule has 4 aromatic rings. The van der Waals surface area contributed by atoms with Crippen molar-refractivity contribution in [1.29, 1.82) is 0 Å². The summed E-state index contributed by atoms with van der Waals surface area (Å²) in [6.07, 6.45) is 0.928. The molecule has 2 nitrogen and oxygen atoms in total. The van der Waals surface area contributed by atoms with Crippen LogP contribution >= 0.6 is 0 Å². The zero-order valence-electron chi connectivity index (χ0n) is 15.0. The van der Waals surface area contributed by atoms with Crippen LogP contribution in [0.5, 0.6) is 11.5 Å². The highest BCUT2D eigenvalue weighted by Crippen LogP contribution is 2.26. The fraction of sp³-hybridized carbons (Fsp3) is 0.0400. The maximum Gasteiger partial charge on any atom is 0.129 e. The summed E-state index contributed by atoms with van der Waals surface area (Å²) in [5.41, 5.74) is 4.64. The van der Waals surface area contributed by atoms with E-state index in [-0.39, 0.29) is 0 Å². The van der Waals surface area contributed by atoms with Gasteiger partial charge in [0.2, 0.25) is 0 Å². The van der Waals surface area contributed by atoms with E-state index in [2.05, 4.69) is 41.7 Å². The number of hydrogen-bond donors (Lipinski definition) is 1. The molecule has 1 N–H and O–H groups in total. The Bertz CT molecular complexity index is 979. The summed E-state index contributed by atoms with van der Waals surface area (Å²) >= 11 is 0. The number of anilines is 2. The van der Waals surface area contributed by atoms with Crippen molar-refractivity contribution in [1.82, 2.24) is 0 Å². The van der Waals surface area contributed by atoms with E-state index in [9.17, 15) is 0 Å². The molecular weight excluding hydrogens is 330 g/mol. The highest BCUT2D eigenvalue weighted by atomic mass is 16.5. The summed E-state index contributed by atoms with van der Waals surface area (Å²) in [6.45, 7) is 0. The molecule has 4 aromatic carbocycles. The maximum atomic E-state index is 6.02. The second kappa shape index (κ2) is 8.24. The Hall–Kier alpha value is -3.52. The third-order valence-electron chi connectivity index (χ3n) is 4.31. The maximum absolute atomic E-state index is 6.02. The number of nitrogens with one attached hydrogen (secondary N) is 1. The first kappa shape index (κ1) is 16.9. The van der Waals surface area contributed by atoms with E-state index >= 15 is 0 Å². The lowest BCUT2D eigenvalue weighted by Crippen LogP contribution is -1.91. The normalized spacial score (nSPS) is 10.4. The first-order valence-corrected chi connectivity index (χ1v) is 9.08. The Morgan fingerprint density at radius 1 is 0.519 bits per heavy atom. The zero-order chi connectivity index (χ0) is 18.3. The first-order chi connectivity index (χ1) is 13.3. The lowest BCUT2D eigenvalue weighted by molar-refractivity contribution is 0.483. The highest BCUT2D eigenvalue weighted by molar-refractivity contribution is 5.61. The highest BCUT2D eigenvalue weighted by Gasteiger charge is 2.01. The van der Waals surface area contributed by atoms with Gasteiger partial charge in [0.15, 0.2) is 0 Å². The van der Waals surface area contributed by atoms with E-state index in [1.165, 1.54) is 11.1 Å². The number of hydrogen-bond acceptors (Lipinski definition) is 2. The predicted molar refractivity (Wildman–Crippen MR) is 112 cm³/mol. The van der Waals surface area contributed by atoms with Crippen molar-refractivity contribution in [3.8, 4) is 11.5 Å². The summed E-state index contributed by atoms with van der Waals surface area (Å²) in [5, 5.41) is 3.39. The third kappa shape index (κ3) is 4.77. The third-order valence-corrected chi connectivity index (χ3v) is 4.31. The van der Waals surface area contributed by atoms with Gasteiger partial charge >= 0.3 is 0 Å². The lowest BCUT2D eigenvalue weighted by Gasteiger charge is -2.10. The zero-order valence-corrected chi connectivity index (χ0v) is 15.0. The van der Waals surface area contributed by atoms with Crippen LogP contribution in [-0.4, -0.2) is 0 Å². The molecule has 0 amide bonds. The minimum Gasteiger partial charge on any atom is -0.457 e. The van der Waals surface area contributed by atoms with Gasteiger partial charge in [-0.1, -0.05) is 66.7 Å². The lowest BCUT2D eigenvalue weighted by atomic mass is 10.1. The molecule has 0 atom stereocenters. The van der Waals surface area contributed by atoms with Gasteiger partial charge in [0.25, 0.3) is 0 Å². The molecule has 0 aliphatic rings. The van der Waals surface area contributed by atoms with Crippen molar-refractivity contribution in [3.05, 3.63) is 120 Å². The molecule has 0 aliphatic carbocycles. The Morgan fingerprint density at radius 3 is 1.89 bits per heavy atom. The summed E-state index contributed by atoms with van der Waals surface area (Å²) in [5.74, 6) is 1.65. The van der Waals surface area contributed by atoms with E-state index in [0.717, 1.165) is 29.3 Å². The van der Waals surface area contributed by atoms with Crippen LogP contribution in [0.4, 0.5) is 11.4 Å². The monoisotopic (exact) mass is 351 g/mol. The van der Waals surface area contributed by atoms with Crippen LogP contribution in [0.3, 0.4) is 0 Å². The topological polar surface area (TPSA) is 21.3 Å². The molecule has 0 unspecified atom stereocenters. The van der Waals surface area contributed by atoms with Crippen molar-refractivity contribution in [2.75, 3.05) is 5.32 Å². The summed E-state index contributed by atoms with van der Waals surface area (Å²) < 4.78 is 6.02. The van der Waals surface area contributed by atoms with E-state index in [4.69, 9.17) is 4.74 Å². The van der Waals surface area contributed by atoms with Gasteiger partial charge in [0.1, 0.15) is 11.5 Å². The molecule has 4 rings (SSSR count). The molecule has 0 saturated heterocycles. The predicted octanol–water partition coefficient (Wildman–Crippen LogP) is 6.81. The van der Waals surface area contributed by atoms with Gasteiger partial charge in [-0.05, 0) is 53.9 Å². The molecule has 0 saturated carbocycles. The molecule has 0 aromatic heterocycles. The molecule has 0 radical (unpaired) electrons. The van der Waals surface area contributed by atoms with Crippen molar-refractivity contribution >= 4 is 11.4 Å². The summed E-state index contributed by atoms with van der Waals surface area (Å²) in [6, 6.07) is 36.9. The molecule has 0 bridgehead atoms. The van der Waals surface area contributed by atoms with Gasteiger partial charge in [-0.2, -0.15) is 0 Å². The Morgan fingerprint density at radius 2 is 1.15 bits per heavy atom. The number of benzene rings is 4. The van der Waals surface area contributed by atoms with Crippen LogP contribution < -0.4 is 10.1 Å². The minimum absolute atomic E-state index is 0.812. The van der Waals surface area contributed by atoms with Gasteiger partial charge in [-0.15, -0.1) is 0 Å². The van der Waals surface area contributed by atoms with Crippen LogP contribution in [0.1, 0.15) is 11.1 Å². The van der Waals surface area contributed by atoms with Crippen LogP contribution in [0, 0.1) is 0 Å². The molecule has 132 valence electrons. The Kier molecular flexibility index (Phi) is 5.16. The van der Waals surface area contributed by atoms with Gasteiger partial charge < -0.3 is 10.1 Å². The molecule has 0 aliphatic heterocycles. The van der Waals surface area contributed by atoms with Gasteiger partial charge in [-0.3, -0.25) is 0 Å². The van der Waals surface area contributed by atoms with Crippen molar-refractivity contribution in [3.63, 3.8) is 0 Å².